The van der Waals surface area contributed by atoms with Gasteiger partial charge in [-0.3, -0.25) is 8.42 Å². The maximum Gasteiger partial charge on any atom is 0.174 e. The summed E-state index contributed by atoms with van der Waals surface area (Å²) in [6.45, 7) is 7.19. The molecule has 0 amide bonds. The zero-order chi connectivity index (χ0) is 16.1. The Morgan fingerprint density at radius 1 is 0.714 bits per heavy atom. The number of hydrogen-bond acceptors (Lipinski definition) is 4. The SMILES string of the molecule is C=C[n+]1ccccc1.C=C[n+]1ccccc1.O=S(=O)([O-])[O-]. The second-order valence-corrected chi connectivity index (χ2v) is 4.24. The Labute approximate surface area is 124 Å². The van der Waals surface area contributed by atoms with E-state index in [0.29, 0.717) is 0 Å². The van der Waals surface area contributed by atoms with Gasteiger partial charge in [0.2, 0.25) is 0 Å². The Balaban J connectivity index is 0.000000296. The van der Waals surface area contributed by atoms with E-state index >= 15 is 0 Å². The molecule has 0 aromatic carbocycles. The van der Waals surface area contributed by atoms with Crippen molar-refractivity contribution in [2.75, 3.05) is 0 Å². The molecule has 0 unspecified atom stereocenters. The van der Waals surface area contributed by atoms with Crippen LogP contribution >= 0.6 is 0 Å². The molecule has 0 atom stereocenters. The lowest BCUT2D eigenvalue weighted by Crippen LogP contribution is -2.22. The van der Waals surface area contributed by atoms with Crippen LogP contribution in [0.2, 0.25) is 0 Å². The second-order valence-electron chi connectivity index (χ2n) is 3.42. The largest absolute Gasteiger partial charge is 0.759 e. The molecule has 2 aromatic heterocycles. The van der Waals surface area contributed by atoms with Crippen LogP contribution < -0.4 is 9.13 Å². The van der Waals surface area contributed by atoms with Gasteiger partial charge in [0.1, 0.15) is 0 Å². The van der Waals surface area contributed by atoms with Gasteiger partial charge in [-0.25, -0.2) is 0 Å². The maximum absolute atomic E-state index is 8.52. The Morgan fingerprint density at radius 2 is 0.952 bits per heavy atom. The summed E-state index contributed by atoms with van der Waals surface area (Å²) in [5, 5.41) is 0. The van der Waals surface area contributed by atoms with Crippen molar-refractivity contribution < 1.29 is 26.7 Å². The smallest absolute Gasteiger partial charge is 0.174 e. The minimum absolute atomic E-state index is 1.75. The van der Waals surface area contributed by atoms with Crippen LogP contribution in [0, 0.1) is 0 Å². The normalized spacial score (nSPS) is 9.24. The van der Waals surface area contributed by atoms with E-state index in [1.165, 1.54) is 0 Å². The first kappa shape index (κ1) is 18.7. The average molecular weight is 308 g/mol. The molecule has 0 spiro atoms. The lowest BCUT2D eigenvalue weighted by Gasteiger charge is -2.06. The highest BCUT2D eigenvalue weighted by molar-refractivity contribution is 7.79. The molecule has 0 saturated heterocycles. The molecule has 2 rings (SSSR count). The molecule has 112 valence electrons. The Morgan fingerprint density at radius 3 is 1.10 bits per heavy atom. The molecule has 2 aromatic rings. The highest BCUT2D eigenvalue weighted by Gasteiger charge is 1.83. The van der Waals surface area contributed by atoms with Gasteiger partial charge in [0.05, 0.1) is 0 Å². The lowest BCUT2D eigenvalue weighted by molar-refractivity contribution is -0.568. The topological polar surface area (TPSA) is 88.0 Å². The minimum atomic E-state index is -5.17. The van der Waals surface area contributed by atoms with Gasteiger partial charge in [-0.1, -0.05) is 12.1 Å². The third-order valence-electron chi connectivity index (χ3n) is 1.90. The van der Waals surface area contributed by atoms with E-state index in [1.807, 2.05) is 70.3 Å². The van der Waals surface area contributed by atoms with Crippen molar-refractivity contribution in [3.8, 4) is 0 Å². The van der Waals surface area contributed by atoms with Gasteiger partial charge in [-0.2, -0.15) is 9.13 Å². The maximum atomic E-state index is 8.52. The van der Waals surface area contributed by atoms with Crippen molar-refractivity contribution in [3.05, 3.63) is 74.3 Å². The third kappa shape index (κ3) is 13.9. The molecule has 0 saturated carbocycles. The molecule has 7 heteroatoms. The highest BCUT2D eigenvalue weighted by atomic mass is 32.3. The molecular formula is C14H16N2O4S. The first-order valence-electron chi connectivity index (χ1n) is 5.70. The fourth-order valence-corrected chi connectivity index (χ4v) is 1.07. The molecule has 0 aliphatic rings. The standard InChI is InChI=1S/2C7H8N.H2O4S/c2*1-2-8-6-4-3-5-7-8;1-5(2,3)4/h2*2-7H,1H2;(H2,1,2,3,4)/q2*+1;/p-2. The van der Waals surface area contributed by atoms with Crippen molar-refractivity contribution in [3.63, 3.8) is 0 Å². The van der Waals surface area contributed by atoms with E-state index in [1.54, 1.807) is 12.4 Å². The van der Waals surface area contributed by atoms with Crippen molar-refractivity contribution in [1.82, 2.24) is 0 Å². The van der Waals surface area contributed by atoms with E-state index in [0.717, 1.165) is 0 Å². The summed E-state index contributed by atoms with van der Waals surface area (Å²) >= 11 is 0. The van der Waals surface area contributed by atoms with Gasteiger partial charge in [0, 0.05) is 34.7 Å². The quantitative estimate of drug-likeness (QED) is 0.466. The van der Waals surface area contributed by atoms with Gasteiger partial charge in [0.25, 0.3) is 0 Å². The molecule has 2 heterocycles. The van der Waals surface area contributed by atoms with Crippen LogP contribution in [-0.4, -0.2) is 17.5 Å². The number of pyridine rings is 2. The van der Waals surface area contributed by atoms with E-state index in [4.69, 9.17) is 17.5 Å². The van der Waals surface area contributed by atoms with Crippen molar-refractivity contribution in [2.24, 2.45) is 0 Å². The third-order valence-corrected chi connectivity index (χ3v) is 1.90. The van der Waals surface area contributed by atoms with Crippen molar-refractivity contribution in [2.45, 2.75) is 0 Å². The number of nitrogens with zero attached hydrogens (tertiary/aromatic N) is 2. The van der Waals surface area contributed by atoms with E-state index in [9.17, 15) is 0 Å². The van der Waals surface area contributed by atoms with E-state index in [-0.39, 0.29) is 0 Å². The number of hydrogen-bond donors (Lipinski definition) is 0. The fraction of sp³-hybridized carbons (Fsp3) is 0. The Hall–Kier alpha value is -2.35. The molecule has 0 aliphatic carbocycles. The molecule has 0 N–H and O–H groups in total. The summed E-state index contributed by atoms with van der Waals surface area (Å²) in [7, 11) is -5.17. The number of rotatable bonds is 2. The molecule has 0 radical (unpaired) electrons. The summed E-state index contributed by atoms with van der Waals surface area (Å²) in [5.74, 6) is 0. The van der Waals surface area contributed by atoms with Gasteiger partial charge in [0.15, 0.2) is 37.2 Å². The van der Waals surface area contributed by atoms with Crippen LogP contribution in [0.25, 0.3) is 12.4 Å². The Kier molecular flexibility index (Phi) is 9.27. The van der Waals surface area contributed by atoms with Crippen molar-refractivity contribution >= 4 is 22.8 Å². The van der Waals surface area contributed by atoms with Crippen molar-refractivity contribution in [1.29, 1.82) is 0 Å². The van der Waals surface area contributed by atoms with E-state index < -0.39 is 10.4 Å². The van der Waals surface area contributed by atoms with Crippen LogP contribution in [0.4, 0.5) is 0 Å². The molecule has 6 nitrogen and oxygen atoms in total. The van der Waals surface area contributed by atoms with Gasteiger partial charge in [-0.05, 0) is 13.2 Å². The Bertz CT molecular complexity index is 577. The van der Waals surface area contributed by atoms with Gasteiger partial charge < -0.3 is 9.11 Å². The van der Waals surface area contributed by atoms with Crippen LogP contribution in [0.5, 0.6) is 0 Å². The minimum Gasteiger partial charge on any atom is -0.759 e. The molecule has 0 fully saturated rings. The second kappa shape index (κ2) is 10.4. The zero-order valence-corrected chi connectivity index (χ0v) is 12.1. The summed E-state index contributed by atoms with van der Waals surface area (Å²) in [6.07, 6.45) is 11.2. The number of aromatic nitrogens is 2. The summed E-state index contributed by atoms with van der Waals surface area (Å²) < 4.78 is 37.9. The van der Waals surface area contributed by atoms with Crippen LogP contribution in [0.3, 0.4) is 0 Å². The average Bonchev–Trinajstić information content (AvgIpc) is 2.48. The summed E-state index contributed by atoms with van der Waals surface area (Å²) in [6, 6.07) is 11.8. The van der Waals surface area contributed by atoms with E-state index in [2.05, 4.69) is 13.2 Å². The summed E-state index contributed by atoms with van der Waals surface area (Å²) in [5.41, 5.74) is 0. The molecule has 0 aliphatic heterocycles. The monoisotopic (exact) mass is 308 g/mol. The van der Waals surface area contributed by atoms with Crippen LogP contribution in [0.1, 0.15) is 0 Å². The first-order chi connectivity index (χ1) is 9.86. The van der Waals surface area contributed by atoms with Gasteiger partial charge >= 0.3 is 0 Å². The molecule has 0 bridgehead atoms. The summed E-state index contributed by atoms with van der Waals surface area (Å²) in [4.78, 5) is 0. The molecular weight excluding hydrogens is 292 g/mol. The molecule has 21 heavy (non-hydrogen) atoms. The van der Waals surface area contributed by atoms with Gasteiger partial charge in [-0.15, -0.1) is 0 Å². The first-order valence-corrected chi connectivity index (χ1v) is 7.03. The zero-order valence-electron chi connectivity index (χ0n) is 11.3. The highest BCUT2D eigenvalue weighted by Crippen LogP contribution is 1.75. The predicted octanol–water partition coefficient (Wildman–Crippen LogP) is 0.811. The lowest BCUT2D eigenvalue weighted by atomic mass is 10.5. The fourth-order valence-electron chi connectivity index (χ4n) is 1.07. The van der Waals surface area contributed by atoms with Crippen LogP contribution in [-0.2, 0) is 10.4 Å². The van der Waals surface area contributed by atoms with Crippen LogP contribution in [0.15, 0.2) is 74.3 Å². The predicted molar refractivity (Wildman–Crippen MR) is 76.5 cm³/mol.